The summed E-state index contributed by atoms with van der Waals surface area (Å²) < 4.78 is 42.7. The normalized spacial score (nSPS) is 13.8. The SMILES string of the molecule is O=C(C[C@](C[N+](=O)[O-])(c1ccc2ccccc2c1)C(F)(F)F)c1ccccc1. The molecule has 3 aromatic carbocycles. The largest absolute Gasteiger partial charge is 0.405 e. The fourth-order valence-corrected chi connectivity index (χ4v) is 3.31. The first kappa shape index (κ1) is 19.5. The molecule has 0 heterocycles. The monoisotopic (exact) mass is 387 g/mol. The summed E-state index contributed by atoms with van der Waals surface area (Å²) in [5.41, 5.74) is -3.13. The van der Waals surface area contributed by atoms with Crippen molar-refractivity contribution < 1.29 is 22.9 Å². The molecular formula is C21H16F3NO3. The molecular weight excluding hydrogens is 371 g/mol. The van der Waals surface area contributed by atoms with Crippen LogP contribution in [0.5, 0.6) is 0 Å². The number of fused-ring (bicyclic) bond motifs is 1. The third-order valence-corrected chi connectivity index (χ3v) is 4.80. The summed E-state index contributed by atoms with van der Waals surface area (Å²) in [6.45, 7) is -1.42. The Morgan fingerprint density at radius 3 is 2.11 bits per heavy atom. The van der Waals surface area contributed by atoms with Crippen molar-refractivity contribution in [1.29, 1.82) is 0 Å². The van der Waals surface area contributed by atoms with Crippen molar-refractivity contribution in [3.05, 3.63) is 94.0 Å². The smallest absolute Gasteiger partial charge is 0.294 e. The number of nitro groups is 1. The Balaban J connectivity index is 2.16. The first-order valence-corrected chi connectivity index (χ1v) is 8.49. The second-order valence-corrected chi connectivity index (χ2v) is 6.60. The van der Waals surface area contributed by atoms with Crippen LogP contribution >= 0.6 is 0 Å². The number of carbonyl (C=O) groups excluding carboxylic acids is 1. The van der Waals surface area contributed by atoms with Crippen LogP contribution in [0, 0.1) is 10.1 Å². The Bertz CT molecular complexity index is 1020. The van der Waals surface area contributed by atoms with E-state index in [-0.39, 0.29) is 11.1 Å². The molecule has 0 aliphatic carbocycles. The summed E-state index contributed by atoms with van der Waals surface area (Å²) in [5.74, 6) is -0.798. The molecule has 0 aromatic heterocycles. The summed E-state index contributed by atoms with van der Waals surface area (Å²) in [7, 11) is 0. The molecule has 0 N–H and O–H groups in total. The summed E-state index contributed by atoms with van der Waals surface area (Å²) in [4.78, 5) is 22.8. The van der Waals surface area contributed by atoms with Crippen LogP contribution < -0.4 is 0 Å². The zero-order chi connectivity index (χ0) is 20.4. The fraction of sp³-hybridized carbons (Fsp3) is 0.190. The predicted molar refractivity (Wildman–Crippen MR) is 98.9 cm³/mol. The molecule has 3 rings (SSSR count). The zero-order valence-electron chi connectivity index (χ0n) is 14.6. The molecule has 0 saturated heterocycles. The number of carbonyl (C=O) groups is 1. The predicted octanol–water partition coefficient (Wildman–Crippen LogP) is 5.19. The number of benzene rings is 3. The number of hydrogen-bond acceptors (Lipinski definition) is 3. The number of rotatable bonds is 6. The second-order valence-electron chi connectivity index (χ2n) is 6.60. The van der Waals surface area contributed by atoms with E-state index in [1.54, 1.807) is 30.3 Å². The molecule has 0 aliphatic rings. The van der Waals surface area contributed by atoms with Gasteiger partial charge in [-0.3, -0.25) is 14.9 Å². The van der Waals surface area contributed by atoms with Crippen LogP contribution in [0.25, 0.3) is 10.8 Å². The molecule has 0 spiro atoms. The lowest BCUT2D eigenvalue weighted by atomic mass is 9.74. The molecule has 144 valence electrons. The van der Waals surface area contributed by atoms with E-state index in [9.17, 15) is 28.1 Å². The van der Waals surface area contributed by atoms with Gasteiger partial charge < -0.3 is 0 Å². The third-order valence-electron chi connectivity index (χ3n) is 4.80. The van der Waals surface area contributed by atoms with Crippen LogP contribution in [0.4, 0.5) is 13.2 Å². The summed E-state index contributed by atoms with van der Waals surface area (Å²) in [5, 5.41) is 12.4. The van der Waals surface area contributed by atoms with Crippen molar-refractivity contribution in [2.45, 2.75) is 18.0 Å². The molecule has 0 saturated carbocycles. The van der Waals surface area contributed by atoms with Gasteiger partial charge in [0.1, 0.15) is 0 Å². The highest BCUT2D eigenvalue weighted by atomic mass is 19.4. The van der Waals surface area contributed by atoms with E-state index in [1.807, 2.05) is 0 Å². The van der Waals surface area contributed by atoms with Crippen molar-refractivity contribution >= 4 is 16.6 Å². The van der Waals surface area contributed by atoms with Gasteiger partial charge in [-0.1, -0.05) is 66.7 Å². The van der Waals surface area contributed by atoms with Crippen LogP contribution in [0.2, 0.25) is 0 Å². The van der Waals surface area contributed by atoms with Crippen molar-refractivity contribution in [3.8, 4) is 0 Å². The molecule has 0 radical (unpaired) electrons. The van der Waals surface area contributed by atoms with E-state index in [2.05, 4.69) is 0 Å². The minimum atomic E-state index is -4.99. The van der Waals surface area contributed by atoms with Gasteiger partial charge in [0.2, 0.25) is 6.54 Å². The molecule has 0 unspecified atom stereocenters. The summed E-state index contributed by atoms with van der Waals surface area (Å²) >= 11 is 0. The number of nitrogens with zero attached hydrogens (tertiary/aromatic N) is 1. The van der Waals surface area contributed by atoms with E-state index in [1.165, 1.54) is 42.5 Å². The van der Waals surface area contributed by atoms with Gasteiger partial charge in [-0.25, -0.2) is 0 Å². The highest BCUT2D eigenvalue weighted by molar-refractivity contribution is 5.97. The lowest BCUT2D eigenvalue weighted by Crippen LogP contribution is -2.49. The van der Waals surface area contributed by atoms with Crippen molar-refractivity contribution in [1.82, 2.24) is 0 Å². The molecule has 28 heavy (non-hydrogen) atoms. The Morgan fingerprint density at radius 1 is 0.893 bits per heavy atom. The summed E-state index contributed by atoms with van der Waals surface area (Å²) in [6, 6.07) is 18.3. The molecule has 7 heteroatoms. The van der Waals surface area contributed by atoms with Crippen molar-refractivity contribution in [2.75, 3.05) is 6.54 Å². The Kier molecular flexibility index (Phi) is 5.18. The highest BCUT2D eigenvalue weighted by Gasteiger charge is 2.60. The maximum absolute atomic E-state index is 14.2. The molecule has 0 fully saturated rings. The lowest BCUT2D eigenvalue weighted by Gasteiger charge is -2.32. The number of halogens is 3. The number of alkyl halides is 3. The van der Waals surface area contributed by atoms with Gasteiger partial charge in [-0.2, -0.15) is 13.2 Å². The average Bonchev–Trinajstić information content (AvgIpc) is 2.66. The lowest BCUT2D eigenvalue weighted by molar-refractivity contribution is -0.501. The van der Waals surface area contributed by atoms with Crippen LogP contribution in [-0.4, -0.2) is 23.4 Å². The molecule has 0 amide bonds. The molecule has 3 aromatic rings. The fourth-order valence-electron chi connectivity index (χ4n) is 3.31. The van der Waals surface area contributed by atoms with Gasteiger partial charge in [-0.15, -0.1) is 0 Å². The van der Waals surface area contributed by atoms with Gasteiger partial charge in [0, 0.05) is 16.9 Å². The number of hydrogen-bond donors (Lipinski definition) is 0. The first-order valence-electron chi connectivity index (χ1n) is 8.49. The van der Waals surface area contributed by atoms with Gasteiger partial charge in [0.05, 0.1) is 0 Å². The van der Waals surface area contributed by atoms with E-state index in [4.69, 9.17) is 0 Å². The number of Topliss-reactive ketones (excluding diaryl/α,β-unsaturated/α-hetero) is 1. The number of ketones is 1. The van der Waals surface area contributed by atoms with Gasteiger partial charge in [-0.05, 0) is 22.4 Å². The molecule has 4 nitrogen and oxygen atoms in total. The minimum absolute atomic E-state index is 0.0836. The zero-order valence-corrected chi connectivity index (χ0v) is 14.6. The van der Waals surface area contributed by atoms with E-state index < -0.39 is 35.3 Å². The molecule has 0 bridgehead atoms. The van der Waals surface area contributed by atoms with Crippen molar-refractivity contribution in [3.63, 3.8) is 0 Å². The maximum Gasteiger partial charge on any atom is 0.405 e. The molecule has 1 atom stereocenters. The second kappa shape index (κ2) is 7.42. The topological polar surface area (TPSA) is 60.2 Å². The highest BCUT2D eigenvalue weighted by Crippen LogP contribution is 2.45. The van der Waals surface area contributed by atoms with Crippen molar-refractivity contribution in [2.24, 2.45) is 0 Å². The maximum atomic E-state index is 14.2. The quantitative estimate of drug-likeness (QED) is 0.332. The standard InChI is InChI=1S/C21H16F3NO3/c22-21(23,24)20(14-25(27)28,13-19(26)16-7-2-1-3-8-16)18-11-10-15-6-4-5-9-17(15)12-18/h1-12H,13-14H2/t20-/m0/s1. The van der Waals surface area contributed by atoms with Crippen LogP contribution in [0.3, 0.4) is 0 Å². The van der Waals surface area contributed by atoms with E-state index in [0.29, 0.717) is 10.8 Å². The van der Waals surface area contributed by atoms with Crippen LogP contribution in [-0.2, 0) is 5.41 Å². The average molecular weight is 387 g/mol. The van der Waals surface area contributed by atoms with Crippen LogP contribution in [0.15, 0.2) is 72.8 Å². The Hall–Kier alpha value is -3.22. The Labute approximate surface area is 158 Å². The van der Waals surface area contributed by atoms with Crippen LogP contribution in [0.1, 0.15) is 22.3 Å². The first-order chi connectivity index (χ1) is 13.2. The third kappa shape index (κ3) is 3.74. The minimum Gasteiger partial charge on any atom is -0.294 e. The van der Waals surface area contributed by atoms with Gasteiger partial charge in [0.15, 0.2) is 11.2 Å². The van der Waals surface area contributed by atoms with E-state index in [0.717, 1.165) is 0 Å². The molecule has 0 aliphatic heterocycles. The summed E-state index contributed by atoms with van der Waals surface area (Å²) in [6.07, 6.45) is -6.03. The van der Waals surface area contributed by atoms with Gasteiger partial charge >= 0.3 is 6.18 Å². The van der Waals surface area contributed by atoms with Gasteiger partial charge in [0.25, 0.3) is 0 Å². The van der Waals surface area contributed by atoms with E-state index >= 15 is 0 Å². The Morgan fingerprint density at radius 2 is 1.50 bits per heavy atom.